The number of nitrogens with zero attached hydrogens (tertiary/aromatic N) is 1. The monoisotopic (exact) mass is 250 g/mol. The lowest BCUT2D eigenvalue weighted by molar-refractivity contribution is 0.354. The molecular weight excluding hydrogens is 232 g/mol. The van der Waals surface area contributed by atoms with E-state index in [1.54, 1.807) is 0 Å². The molecule has 2 atom stereocenters. The van der Waals surface area contributed by atoms with Gasteiger partial charge in [0, 0.05) is 0 Å². The maximum absolute atomic E-state index is 12.0. The van der Waals surface area contributed by atoms with Gasteiger partial charge in [0.15, 0.2) is 0 Å². The second-order valence-corrected chi connectivity index (χ2v) is 6.37. The first-order valence-electron chi connectivity index (χ1n) is 5.49. The average molecular weight is 250 g/mol. The summed E-state index contributed by atoms with van der Waals surface area (Å²) in [6.45, 7) is 7.81. The fraction of sp³-hybridized carbons (Fsp3) is 0.462. The fourth-order valence-electron chi connectivity index (χ4n) is 1.23. The molecule has 0 heterocycles. The number of nitriles is 1. The summed E-state index contributed by atoms with van der Waals surface area (Å²) in [7, 11) is -1.34. The molecule has 0 fully saturated rings. The molecule has 1 rings (SSSR count). The molecule has 0 saturated heterocycles. The fourth-order valence-corrected chi connectivity index (χ4v) is 2.37. The van der Waals surface area contributed by atoms with Crippen molar-refractivity contribution in [2.75, 3.05) is 0 Å². The molecule has 3 nitrogen and oxygen atoms in total. The predicted molar refractivity (Wildman–Crippen MR) is 69.6 cm³/mol. The zero-order chi connectivity index (χ0) is 13.1. The molecule has 0 aliphatic carbocycles. The second kappa shape index (κ2) is 5.44. The van der Waals surface area contributed by atoms with Crippen LogP contribution in [0.1, 0.15) is 26.3 Å². The number of hydrogen-bond acceptors (Lipinski definition) is 2. The third kappa shape index (κ3) is 3.95. The summed E-state index contributed by atoms with van der Waals surface area (Å²) < 4.78 is 14.9. The van der Waals surface area contributed by atoms with Gasteiger partial charge in [-0.05, 0) is 24.5 Å². The van der Waals surface area contributed by atoms with Crippen LogP contribution in [0.3, 0.4) is 0 Å². The first-order chi connectivity index (χ1) is 7.84. The van der Waals surface area contributed by atoms with Crippen molar-refractivity contribution in [2.45, 2.75) is 38.6 Å². The quantitative estimate of drug-likeness (QED) is 0.896. The van der Waals surface area contributed by atoms with Crippen molar-refractivity contribution in [3.05, 3.63) is 29.8 Å². The number of aryl methyl sites for hydroxylation is 1. The van der Waals surface area contributed by atoms with Crippen molar-refractivity contribution in [3.8, 4) is 6.07 Å². The van der Waals surface area contributed by atoms with E-state index in [0.29, 0.717) is 4.90 Å². The first kappa shape index (κ1) is 13.9. The molecular formula is C13H18N2OS. The van der Waals surface area contributed by atoms with Crippen LogP contribution in [0, 0.1) is 23.7 Å². The maximum Gasteiger partial charge on any atom is 0.126 e. The molecule has 1 aromatic carbocycles. The van der Waals surface area contributed by atoms with Gasteiger partial charge in [-0.3, -0.25) is 0 Å². The summed E-state index contributed by atoms with van der Waals surface area (Å²) in [5.41, 5.74) is 0.883. The highest BCUT2D eigenvalue weighted by molar-refractivity contribution is 7.83. The Bertz CT molecular complexity index is 440. The van der Waals surface area contributed by atoms with Gasteiger partial charge >= 0.3 is 0 Å². The molecule has 0 saturated carbocycles. The Morgan fingerprint density at radius 2 is 1.82 bits per heavy atom. The Morgan fingerprint density at radius 1 is 1.29 bits per heavy atom. The highest BCUT2D eigenvalue weighted by atomic mass is 32.2. The molecule has 92 valence electrons. The Morgan fingerprint density at radius 3 is 2.24 bits per heavy atom. The first-order valence-corrected chi connectivity index (χ1v) is 6.64. The van der Waals surface area contributed by atoms with Crippen molar-refractivity contribution < 1.29 is 4.21 Å². The van der Waals surface area contributed by atoms with E-state index < -0.39 is 17.0 Å². The van der Waals surface area contributed by atoms with Gasteiger partial charge in [-0.1, -0.05) is 38.5 Å². The molecule has 1 N–H and O–H groups in total. The Labute approximate surface area is 105 Å². The summed E-state index contributed by atoms with van der Waals surface area (Å²) in [5.74, 6) is 0. The van der Waals surface area contributed by atoms with Crippen LogP contribution in [0.5, 0.6) is 0 Å². The van der Waals surface area contributed by atoms with E-state index in [-0.39, 0.29) is 5.41 Å². The average Bonchev–Trinajstić information content (AvgIpc) is 2.24. The lowest BCUT2D eigenvalue weighted by Gasteiger charge is -2.24. The summed E-state index contributed by atoms with van der Waals surface area (Å²) >= 11 is 0. The maximum atomic E-state index is 12.0. The van der Waals surface area contributed by atoms with Crippen molar-refractivity contribution in [3.63, 3.8) is 0 Å². The topological polar surface area (TPSA) is 52.9 Å². The smallest absolute Gasteiger partial charge is 0.126 e. The van der Waals surface area contributed by atoms with Gasteiger partial charge in [0.1, 0.15) is 17.0 Å². The van der Waals surface area contributed by atoms with Crippen molar-refractivity contribution >= 4 is 11.0 Å². The van der Waals surface area contributed by atoms with E-state index >= 15 is 0 Å². The Hall–Kier alpha value is -1.18. The lowest BCUT2D eigenvalue weighted by Crippen LogP contribution is -2.40. The number of hydrogen-bond donors (Lipinski definition) is 1. The van der Waals surface area contributed by atoms with Crippen molar-refractivity contribution in [2.24, 2.45) is 5.41 Å². The van der Waals surface area contributed by atoms with Crippen molar-refractivity contribution in [1.82, 2.24) is 4.72 Å². The molecule has 17 heavy (non-hydrogen) atoms. The van der Waals surface area contributed by atoms with Gasteiger partial charge in [-0.15, -0.1) is 0 Å². The number of nitrogens with one attached hydrogen (secondary N) is 1. The number of benzene rings is 1. The summed E-state index contributed by atoms with van der Waals surface area (Å²) in [4.78, 5) is 0.695. The summed E-state index contributed by atoms with van der Waals surface area (Å²) in [5, 5.41) is 9.05. The Balaban J connectivity index is 2.79. The molecule has 0 bridgehead atoms. The van der Waals surface area contributed by atoms with E-state index in [2.05, 4.69) is 10.8 Å². The van der Waals surface area contributed by atoms with E-state index in [0.717, 1.165) is 5.56 Å². The highest BCUT2D eigenvalue weighted by Gasteiger charge is 2.26. The largest absolute Gasteiger partial charge is 0.237 e. The van der Waals surface area contributed by atoms with Gasteiger partial charge in [0.2, 0.25) is 0 Å². The summed E-state index contributed by atoms with van der Waals surface area (Å²) in [6.07, 6.45) is 0. The molecule has 4 heteroatoms. The highest BCUT2D eigenvalue weighted by Crippen LogP contribution is 2.19. The van der Waals surface area contributed by atoms with E-state index in [4.69, 9.17) is 5.26 Å². The van der Waals surface area contributed by atoms with Crippen LogP contribution < -0.4 is 4.72 Å². The third-order valence-corrected chi connectivity index (χ3v) is 3.61. The standard InChI is InChI=1S/C13H18N2OS/c1-10-5-7-11(8-6-10)17(16)15-12(9-14)13(2,3)4/h5-8,12,15H,1-4H3/t12-,17-/m0/s1. The molecule has 0 amide bonds. The number of rotatable bonds is 3. The minimum atomic E-state index is -1.34. The van der Waals surface area contributed by atoms with E-state index in [1.165, 1.54) is 0 Å². The minimum absolute atomic E-state index is 0.241. The van der Waals surface area contributed by atoms with Gasteiger partial charge in [0.25, 0.3) is 0 Å². The SMILES string of the molecule is Cc1ccc([S@](=O)N[C@@H](C#N)C(C)(C)C)cc1. The van der Waals surface area contributed by atoms with E-state index in [9.17, 15) is 4.21 Å². The molecule has 0 spiro atoms. The third-order valence-electron chi connectivity index (χ3n) is 2.46. The van der Waals surface area contributed by atoms with Crippen LogP contribution in [0.15, 0.2) is 29.2 Å². The van der Waals surface area contributed by atoms with Crippen LogP contribution in [0.25, 0.3) is 0 Å². The van der Waals surface area contributed by atoms with Gasteiger partial charge in [-0.2, -0.15) is 5.26 Å². The Kier molecular flexibility index (Phi) is 4.44. The molecule has 0 radical (unpaired) electrons. The predicted octanol–water partition coefficient (Wildman–Crippen LogP) is 2.55. The molecule has 0 unspecified atom stereocenters. The molecule has 1 aromatic rings. The minimum Gasteiger partial charge on any atom is -0.237 e. The zero-order valence-electron chi connectivity index (χ0n) is 10.7. The van der Waals surface area contributed by atoms with E-state index in [1.807, 2.05) is 52.0 Å². The molecule has 0 aliphatic heterocycles. The van der Waals surface area contributed by atoms with Crippen LogP contribution >= 0.6 is 0 Å². The van der Waals surface area contributed by atoms with Gasteiger partial charge < -0.3 is 0 Å². The van der Waals surface area contributed by atoms with Crippen LogP contribution in [0.2, 0.25) is 0 Å². The van der Waals surface area contributed by atoms with Crippen molar-refractivity contribution in [1.29, 1.82) is 5.26 Å². The lowest BCUT2D eigenvalue weighted by atomic mass is 9.88. The molecule has 0 aromatic heterocycles. The van der Waals surface area contributed by atoms with Crippen LogP contribution in [-0.2, 0) is 11.0 Å². The van der Waals surface area contributed by atoms with Gasteiger partial charge in [0.05, 0.1) is 11.0 Å². The molecule has 0 aliphatic rings. The summed E-state index contributed by atoms with van der Waals surface area (Å²) in [6, 6.07) is 9.16. The van der Waals surface area contributed by atoms with Crippen LogP contribution in [-0.4, -0.2) is 10.3 Å². The second-order valence-electron chi connectivity index (χ2n) is 5.13. The van der Waals surface area contributed by atoms with Crippen LogP contribution in [0.4, 0.5) is 0 Å². The zero-order valence-corrected chi connectivity index (χ0v) is 11.5. The van der Waals surface area contributed by atoms with Gasteiger partial charge in [-0.25, -0.2) is 8.93 Å². The normalized spacial score (nSPS) is 15.0.